The van der Waals surface area contributed by atoms with Crippen molar-refractivity contribution in [1.82, 2.24) is 4.90 Å². The SMILES string of the molecule is CCN(C(=O)CN(CCC1=CCCCC1)C(C)=O)c1cccc(C)c1. The Bertz CT molecular complexity index is 637. The van der Waals surface area contributed by atoms with Crippen LogP contribution in [0.15, 0.2) is 35.9 Å². The monoisotopic (exact) mass is 342 g/mol. The number of carbonyl (C=O) groups excluding carboxylic acids is 2. The molecule has 0 bridgehead atoms. The van der Waals surface area contributed by atoms with E-state index in [2.05, 4.69) is 6.08 Å². The molecule has 0 fully saturated rings. The minimum atomic E-state index is -0.0370. The Hall–Kier alpha value is -2.10. The summed E-state index contributed by atoms with van der Waals surface area (Å²) in [5.74, 6) is -0.0639. The molecule has 2 amide bonds. The topological polar surface area (TPSA) is 40.6 Å². The van der Waals surface area contributed by atoms with Crippen LogP contribution in [0.25, 0.3) is 0 Å². The molecule has 136 valence electrons. The molecule has 0 saturated carbocycles. The van der Waals surface area contributed by atoms with Crippen molar-refractivity contribution >= 4 is 17.5 Å². The standard InChI is InChI=1S/C21H30N2O2/c1-4-23(20-12-8-9-17(2)15-20)21(25)16-22(18(3)24)14-13-19-10-6-5-7-11-19/h8-10,12,15H,4-7,11,13-14,16H2,1-3H3. The van der Waals surface area contributed by atoms with Gasteiger partial charge in [0.05, 0.1) is 0 Å². The number of rotatable bonds is 7. The third kappa shape index (κ3) is 5.73. The molecule has 0 N–H and O–H groups in total. The summed E-state index contributed by atoms with van der Waals surface area (Å²) in [4.78, 5) is 28.2. The second-order valence-corrected chi connectivity index (χ2v) is 6.78. The quantitative estimate of drug-likeness (QED) is 0.700. The highest BCUT2D eigenvalue weighted by Crippen LogP contribution is 2.21. The third-order valence-electron chi connectivity index (χ3n) is 4.79. The summed E-state index contributed by atoms with van der Waals surface area (Å²) >= 11 is 0. The number of allylic oxidation sites excluding steroid dienone is 1. The fraction of sp³-hybridized carbons (Fsp3) is 0.524. The zero-order valence-corrected chi connectivity index (χ0v) is 15.8. The summed E-state index contributed by atoms with van der Waals surface area (Å²) in [6.45, 7) is 6.89. The van der Waals surface area contributed by atoms with Crippen LogP contribution in [0.1, 0.15) is 51.5 Å². The van der Waals surface area contributed by atoms with E-state index in [0.717, 1.165) is 30.5 Å². The molecule has 0 aliphatic heterocycles. The van der Waals surface area contributed by atoms with E-state index in [1.54, 1.807) is 16.7 Å². The fourth-order valence-corrected chi connectivity index (χ4v) is 3.31. The lowest BCUT2D eigenvalue weighted by Crippen LogP contribution is -2.42. The normalized spacial score (nSPS) is 14.0. The van der Waals surface area contributed by atoms with Crippen LogP contribution in [0.2, 0.25) is 0 Å². The van der Waals surface area contributed by atoms with Crippen molar-refractivity contribution < 1.29 is 9.59 Å². The first-order valence-corrected chi connectivity index (χ1v) is 9.31. The molecule has 0 atom stereocenters. The van der Waals surface area contributed by atoms with E-state index in [9.17, 15) is 9.59 Å². The van der Waals surface area contributed by atoms with Gasteiger partial charge in [0, 0.05) is 25.7 Å². The smallest absolute Gasteiger partial charge is 0.246 e. The van der Waals surface area contributed by atoms with Crippen molar-refractivity contribution in [2.75, 3.05) is 24.5 Å². The molecule has 0 saturated heterocycles. The Balaban J connectivity index is 2.00. The van der Waals surface area contributed by atoms with Gasteiger partial charge in [-0.25, -0.2) is 0 Å². The van der Waals surface area contributed by atoms with E-state index in [1.807, 2.05) is 38.1 Å². The van der Waals surface area contributed by atoms with Crippen molar-refractivity contribution in [2.24, 2.45) is 0 Å². The van der Waals surface area contributed by atoms with Crippen LogP contribution in [0, 0.1) is 6.92 Å². The molecule has 1 aromatic rings. The average molecular weight is 342 g/mol. The van der Waals surface area contributed by atoms with Gasteiger partial charge in [0.15, 0.2) is 0 Å². The number of benzene rings is 1. The van der Waals surface area contributed by atoms with E-state index in [0.29, 0.717) is 13.1 Å². The van der Waals surface area contributed by atoms with Gasteiger partial charge in [-0.15, -0.1) is 0 Å². The summed E-state index contributed by atoms with van der Waals surface area (Å²) in [6, 6.07) is 7.92. The Morgan fingerprint density at radius 1 is 1.20 bits per heavy atom. The molecule has 2 rings (SSSR count). The molecular weight excluding hydrogens is 312 g/mol. The van der Waals surface area contributed by atoms with Crippen LogP contribution < -0.4 is 4.90 Å². The number of likely N-dealkylation sites (N-methyl/N-ethyl adjacent to an activating group) is 1. The van der Waals surface area contributed by atoms with E-state index in [4.69, 9.17) is 0 Å². The first kappa shape index (κ1) is 19.2. The van der Waals surface area contributed by atoms with Crippen molar-refractivity contribution in [3.05, 3.63) is 41.5 Å². The largest absolute Gasteiger partial charge is 0.333 e. The molecule has 4 heteroatoms. The van der Waals surface area contributed by atoms with Gasteiger partial charge in [0.25, 0.3) is 0 Å². The van der Waals surface area contributed by atoms with Gasteiger partial charge in [0.2, 0.25) is 11.8 Å². The first-order valence-electron chi connectivity index (χ1n) is 9.31. The Morgan fingerprint density at radius 3 is 2.60 bits per heavy atom. The first-order chi connectivity index (χ1) is 12.0. The fourth-order valence-electron chi connectivity index (χ4n) is 3.31. The minimum absolute atomic E-state index is 0.0269. The number of hydrogen-bond donors (Lipinski definition) is 0. The minimum Gasteiger partial charge on any atom is -0.333 e. The van der Waals surface area contributed by atoms with Crippen molar-refractivity contribution in [3.63, 3.8) is 0 Å². The van der Waals surface area contributed by atoms with E-state index < -0.39 is 0 Å². The highest BCUT2D eigenvalue weighted by Gasteiger charge is 2.20. The van der Waals surface area contributed by atoms with Crippen LogP contribution in [-0.4, -0.2) is 36.3 Å². The maximum absolute atomic E-state index is 12.8. The Morgan fingerprint density at radius 2 is 2.00 bits per heavy atom. The van der Waals surface area contributed by atoms with Crippen LogP contribution >= 0.6 is 0 Å². The van der Waals surface area contributed by atoms with Gasteiger partial charge in [-0.2, -0.15) is 0 Å². The highest BCUT2D eigenvalue weighted by molar-refractivity contribution is 5.96. The van der Waals surface area contributed by atoms with Gasteiger partial charge >= 0.3 is 0 Å². The zero-order valence-electron chi connectivity index (χ0n) is 15.8. The second kappa shape index (κ2) is 9.40. The number of anilines is 1. The van der Waals surface area contributed by atoms with Crippen molar-refractivity contribution in [2.45, 2.75) is 52.9 Å². The molecule has 1 aliphatic carbocycles. The summed E-state index contributed by atoms with van der Waals surface area (Å²) in [5.41, 5.74) is 3.44. The van der Waals surface area contributed by atoms with Gasteiger partial charge < -0.3 is 9.80 Å². The third-order valence-corrected chi connectivity index (χ3v) is 4.79. The molecule has 0 heterocycles. The lowest BCUT2D eigenvalue weighted by Gasteiger charge is -2.27. The predicted octanol–water partition coefficient (Wildman–Crippen LogP) is 4.09. The Kier molecular flexibility index (Phi) is 7.23. The van der Waals surface area contributed by atoms with Gasteiger partial charge in [0.1, 0.15) is 6.54 Å². The number of amides is 2. The number of nitrogens with zero attached hydrogens (tertiary/aromatic N) is 2. The second-order valence-electron chi connectivity index (χ2n) is 6.78. The molecule has 0 unspecified atom stereocenters. The van der Waals surface area contributed by atoms with Crippen LogP contribution in [0.4, 0.5) is 5.69 Å². The van der Waals surface area contributed by atoms with E-state index >= 15 is 0 Å². The predicted molar refractivity (Wildman–Crippen MR) is 103 cm³/mol. The molecule has 0 radical (unpaired) electrons. The van der Waals surface area contributed by atoms with Crippen LogP contribution in [-0.2, 0) is 9.59 Å². The number of carbonyl (C=O) groups is 2. The average Bonchev–Trinajstić information content (AvgIpc) is 2.60. The maximum atomic E-state index is 12.8. The lowest BCUT2D eigenvalue weighted by molar-refractivity contribution is -0.133. The molecule has 0 spiro atoms. The van der Waals surface area contributed by atoms with Gasteiger partial charge in [-0.1, -0.05) is 23.8 Å². The van der Waals surface area contributed by atoms with Crippen molar-refractivity contribution in [1.29, 1.82) is 0 Å². The van der Waals surface area contributed by atoms with Crippen LogP contribution in [0.3, 0.4) is 0 Å². The van der Waals surface area contributed by atoms with Crippen molar-refractivity contribution in [3.8, 4) is 0 Å². The van der Waals surface area contributed by atoms with Crippen LogP contribution in [0.5, 0.6) is 0 Å². The maximum Gasteiger partial charge on any atom is 0.246 e. The molecule has 25 heavy (non-hydrogen) atoms. The zero-order chi connectivity index (χ0) is 18.2. The Labute approximate surface area is 151 Å². The molecule has 1 aromatic carbocycles. The number of hydrogen-bond acceptors (Lipinski definition) is 2. The lowest BCUT2D eigenvalue weighted by atomic mass is 9.97. The van der Waals surface area contributed by atoms with Gasteiger partial charge in [-0.05, 0) is 63.6 Å². The summed E-state index contributed by atoms with van der Waals surface area (Å²) in [6.07, 6.45) is 7.95. The molecule has 4 nitrogen and oxygen atoms in total. The molecular formula is C21H30N2O2. The van der Waals surface area contributed by atoms with Gasteiger partial charge in [-0.3, -0.25) is 9.59 Å². The van der Waals surface area contributed by atoms with E-state index in [1.165, 1.54) is 18.4 Å². The highest BCUT2D eigenvalue weighted by atomic mass is 16.2. The summed E-state index contributed by atoms with van der Waals surface area (Å²) in [7, 11) is 0. The molecule has 1 aliphatic rings. The van der Waals surface area contributed by atoms with E-state index in [-0.39, 0.29) is 18.4 Å². The molecule has 0 aromatic heterocycles. The summed E-state index contributed by atoms with van der Waals surface area (Å²) < 4.78 is 0. The summed E-state index contributed by atoms with van der Waals surface area (Å²) in [5, 5.41) is 0. The number of aryl methyl sites for hydroxylation is 1.